The molecule has 0 saturated heterocycles. The van der Waals surface area contributed by atoms with Gasteiger partial charge in [-0.05, 0) is 28.1 Å². The lowest BCUT2D eigenvalue weighted by molar-refractivity contribution is 0.668. The number of nitrogens with zero attached hydrogens (tertiary/aromatic N) is 1. The molecule has 14 heavy (non-hydrogen) atoms. The van der Waals surface area contributed by atoms with Gasteiger partial charge < -0.3 is 4.42 Å². The molecule has 0 aliphatic heterocycles. The van der Waals surface area contributed by atoms with E-state index in [1.54, 1.807) is 6.20 Å². The quantitative estimate of drug-likeness (QED) is 0.566. The Morgan fingerprint density at radius 1 is 1.07 bits per heavy atom. The number of halogens is 1. The Kier molecular flexibility index (Phi) is 1.61. The molecule has 3 rings (SSSR count). The summed E-state index contributed by atoms with van der Waals surface area (Å²) in [7, 11) is 0. The lowest BCUT2D eigenvalue weighted by Gasteiger charge is -1.90. The topological polar surface area (TPSA) is 26.0 Å². The Bertz CT molecular complexity index is 615. The second-order valence-electron chi connectivity index (χ2n) is 3.07. The van der Waals surface area contributed by atoms with Crippen LogP contribution in [0.1, 0.15) is 0 Å². The van der Waals surface area contributed by atoms with Crippen LogP contribution in [-0.4, -0.2) is 4.98 Å². The molecule has 0 bridgehead atoms. The van der Waals surface area contributed by atoms with Gasteiger partial charge in [0.05, 0.1) is 5.39 Å². The zero-order chi connectivity index (χ0) is 9.54. The van der Waals surface area contributed by atoms with Crippen molar-refractivity contribution in [3.05, 3.63) is 41.1 Å². The van der Waals surface area contributed by atoms with Crippen LogP contribution in [-0.2, 0) is 0 Å². The first kappa shape index (κ1) is 8.00. The maximum absolute atomic E-state index is 5.66. The highest BCUT2D eigenvalue weighted by Gasteiger charge is 2.08. The van der Waals surface area contributed by atoms with Crippen molar-refractivity contribution in [1.29, 1.82) is 0 Å². The SMILES string of the molecule is Brc1nccc2oc3ccccc3c12. The number of furan rings is 1. The molecule has 0 unspecified atom stereocenters. The zero-order valence-corrected chi connectivity index (χ0v) is 8.78. The van der Waals surface area contributed by atoms with Crippen molar-refractivity contribution in [3.8, 4) is 0 Å². The van der Waals surface area contributed by atoms with Gasteiger partial charge in [0.25, 0.3) is 0 Å². The van der Waals surface area contributed by atoms with Gasteiger partial charge in [0.1, 0.15) is 15.8 Å². The maximum atomic E-state index is 5.66. The smallest absolute Gasteiger partial charge is 0.139 e. The molecule has 2 aromatic heterocycles. The highest BCUT2D eigenvalue weighted by atomic mass is 79.9. The minimum atomic E-state index is 0.833. The lowest BCUT2D eigenvalue weighted by Crippen LogP contribution is -1.73. The summed E-state index contributed by atoms with van der Waals surface area (Å²) in [5, 5.41) is 2.14. The fourth-order valence-electron chi connectivity index (χ4n) is 1.63. The summed E-state index contributed by atoms with van der Waals surface area (Å²) in [6.45, 7) is 0. The molecule has 0 N–H and O–H groups in total. The highest BCUT2D eigenvalue weighted by Crippen LogP contribution is 2.32. The second-order valence-corrected chi connectivity index (χ2v) is 3.82. The van der Waals surface area contributed by atoms with E-state index in [1.165, 1.54) is 0 Å². The molecule has 0 saturated carbocycles. The molecule has 68 valence electrons. The summed E-state index contributed by atoms with van der Waals surface area (Å²) >= 11 is 3.43. The van der Waals surface area contributed by atoms with Gasteiger partial charge in [0.15, 0.2) is 0 Å². The van der Waals surface area contributed by atoms with Crippen LogP contribution in [0.25, 0.3) is 21.9 Å². The standard InChI is InChI=1S/C11H6BrNO/c12-11-10-7-3-1-2-4-8(7)14-9(10)5-6-13-11/h1-6H. The molecule has 3 heteroatoms. The Hall–Kier alpha value is -1.35. The summed E-state index contributed by atoms with van der Waals surface area (Å²) in [5.41, 5.74) is 1.77. The Morgan fingerprint density at radius 2 is 1.93 bits per heavy atom. The average molecular weight is 248 g/mol. The summed E-state index contributed by atoms with van der Waals surface area (Å²) in [5.74, 6) is 0. The number of fused-ring (bicyclic) bond motifs is 3. The molecule has 3 aromatic rings. The monoisotopic (exact) mass is 247 g/mol. The number of pyridine rings is 1. The van der Waals surface area contributed by atoms with Crippen LogP contribution in [0.15, 0.2) is 45.5 Å². The van der Waals surface area contributed by atoms with E-state index >= 15 is 0 Å². The van der Waals surface area contributed by atoms with Gasteiger partial charge in [-0.2, -0.15) is 0 Å². The molecule has 0 aliphatic rings. The van der Waals surface area contributed by atoms with Crippen molar-refractivity contribution in [1.82, 2.24) is 4.98 Å². The van der Waals surface area contributed by atoms with Gasteiger partial charge in [-0.1, -0.05) is 18.2 Å². The fourth-order valence-corrected chi connectivity index (χ4v) is 2.16. The van der Waals surface area contributed by atoms with Gasteiger partial charge in [-0.15, -0.1) is 0 Å². The summed E-state index contributed by atoms with van der Waals surface area (Å²) < 4.78 is 6.50. The Balaban J connectivity index is 2.65. The highest BCUT2D eigenvalue weighted by molar-refractivity contribution is 9.10. The first-order valence-corrected chi connectivity index (χ1v) is 5.07. The Morgan fingerprint density at radius 3 is 2.86 bits per heavy atom. The summed E-state index contributed by atoms with van der Waals surface area (Å²) in [6.07, 6.45) is 1.73. The van der Waals surface area contributed by atoms with Crippen LogP contribution >= 0.6 is 15.9 Å². The minimum absolute atomic E-state index is 0.833. The molecule has 0 radical (unpaired) electrons. The average Bonchev–Trinajstić information content (AvgIpc) is 2.57. The van der Waals surface area contributed by atoms with Crippen LogP contribution in [0.2, 0.25) is 0 Å². The largest absolute Gasteiger partial charge is 0.456 e. The zero-order valence-electron chi connectivity index (χ0n) is 7.20. The number of hydrogen-bond acceptors (Lipinski definition) is 2. The molecule has 0 amide bonds. The number of hydrogen-bond donors (Lipinski definition) is 0. The van der Waals surface area contributed by atoms with Crippen LogP contribution in [0.4, 0.5) is 0 Å². The summed E-state index contributed by atoms with van der Waals surface area (Å²) in [6, 6.07) is 9.83. The predicted octanol–water partition coefficient (Wildman–Crippen LogP) is 3.74. The van der Waals surface area contributed by atoms with Crippen LogP contribution in [0.5, 0.6) is 0 Å². The number of para-hydroxylation sites is 1. The second kappa shape index (κ2) is 2.82. The molecular formula is C11H6BrNO. The molecular weight excluding hydrogens is 242 g/mol. The van der Waals surface area contributed by atoms with E-state index < -0.39 is 0 Å². The number of rotatable bonds is 0. The minimum Gasteiger partial charge on any atom is -0.456 e. The first-order chi connectivity index (χ1) is 6.86. The van der Waals surface area contributed by atoms with Crippen molar-refractivity contribution < 1.29 is 4.42 Å². The van der Waals surface area contributed by atoms with E-state index in [0.29, 0.717) is 0 Å². The van der Waals surface area contributed by atoms with Crippen molar-refractivity contribution in [2.75, 3.05) is 0 Å². The third-order valence-corrected chi connectivity index (χ3v) is 2.84. The first-order valence-electron chi connectivity index (χ1n) is 4.28. The lowest BCUT2D eigenvalue weighted by atomic mass is 10.2. The van der Waals surface area contributed by atoms with E-state index in [9.17, 15) is 0 Å². The Labute approximate surface area is 88.7 Å². The molecule has 1 aromatic carbocycles. The predicted molar refractivity (Wildman–Crippen MR) is 59.2 cm³/mol. The maximum Gasteiger partial charge on any atom is 0.139 e. The van der Waals surface area contributed by atoms with Gasteiger partial charge in [-0.25, -0.2) is 4.98 Å². The molecule has 2 heterocycles. The van der Waals surface area contributed by atoms with Crippen LogP contribution < -0.4 is 0 Å². The number of aromatic nitrogens is 1. The van der Waals surface area contributed by atoms with Crippen molar-refractivity contribution in [2.45, 2.75) is 0 Å². The van der Waals surface area contributed by atoms with Gasteiger partial charge >= 0.3 is 0 Å². The van der Waals surface area contributed by atoms with Gasteiger partial charge in [-0.3, -0.25) is 0 Å². The van der Waals surface area contributed by atoms with E-state index in [0.717, 1.165) is 26.5 Å². The van der Waals surface area contributed by atoms with Crippen LogP contribution in [0, 0.1) is 0 Å². The van der Waals surface area contributed by atoms with Crippen LogP contribution in [0.3, 0.4) is 0 Å². The van der Waals surface area contributed by atoms with E-state index in [-0.39, 0.29) is 0 Å². The molecule has 2 nitrogen and oxygen atoms in total. The summed E-state index contributed by atoms with van der Waals surface area (Å²) in [4.78, 5) is 4.19. The molecule has 0 spiro atoms. The number of benzene rings is 1. The molecule has 0 fully saturated rings. The molecule has 0 atom stereocenters. The van der Waals surface area contributed by atoms with Gasteiger partial charge in [0.2, 0.25) is 0 Å². The molecule has 0 aliphatic carbocycles. The van der Waals surface area contributed by atoms with E-state index in [4.69, 9.17) is 4.42 Å². The van der Waals surface area contributed by atoms with Gasteiger partial charge in [0, 0.05) is 11.6 Å². The van der Waals surface area contributed by atoms with E-state index in [2.05, 4.69) is 20.9 Å². The van der Waals surface area contributed by atoms with Crippen molar-refractivity contribution in [2.24, 2.45) is 0 Å². The third-order valence-electron chi connectivity index (χ3n) is 2.24. The van der Waals surface area contributed by atoms with Crippen molar-refractivity contribution in [3.63, 3.8) is 0 Å². The van der Waals surface area contributed by atoms with Crippen molar-refractivity contribution >= 4 is 37.9 Å². The van der Waals surface area contributed by atoms with E-state index in [1.807, 2.05) is 30.3 Å². The third kappa shape index (κ3) is 0.990. The normalized spacial score (nSPS) is 11.2. The fraction of sp³-hybridized carbons (Fsp3) is 0.